The minimum Gasteiger partial charge on any atom is -0.490 e. The highest BCUT2D eigenvalue weighted by Crippen LogP contribution is 2.54. The van der Waals surface area contributed by atoms with E-state index in [1.807, 2.05) is 20.8 Å². The van der Waals surface area contributed by atoms with Crippen LogP contribution in [0.1, 0.15) is 43.6 Å². The number of carbonyl (C=O) groups is 1. The number of nitrogens with zero attached hydrogens (tertiary/aromatic N) is 1. The van der Waals surface area contributed by atoms with Crippen LogP contribution in [0, 0.1) is 5.41 Å². The van der Waals surface area contributed by atoms with E-state index in [0.29, 0.717) is 53.9 Å². The van der Waals surface area contributed by atoms with Crippen molar-refractivity contribution in [3.05, 3.63) is 34.1 Å². The van der Waals surface area contributed by atoms with Crippen LogP contribution in [0.2, 0.25) is 0 Å². The fraction of sp³-hybridized carbons (Fsp3) is 0.478. The van der Waals surface area contributed by atoms with Gasteiger partial charge in [0.15, 0.2) is 16.9 Å². The van der Waals surface area contributed by atoms with E-state index in [0.717, 1.165) is 0 Å². The maximum atomic E-state index is 12.6. The van der Waals surface area contributed by atoms with Crippen LogP contribution in [0.5, 0.6) is 23.0 Å². The standard InChI is InChI=1S/C23H27NO8/c1-23(2,3)18-11-30-16-9-17(29-7-5-6-28-4)20-21(32-12-31-20)19(16)14-8-15(25)13(22(26)27)10-24(14)18/h8-10,18H,5-7,11-12H2,1-4H3,(H,26,27)/t18-/m0/s1. The molecule has 4 rings (SSSR count). The molecule has 0 amide bonds. The van der Waals surface area contributed by atoms with Gasteiger partial charge < -0.3 is 33.4 Å². The fourth-order valence-electron chi connectivity index (χ4n) is 3.95. The minimum absolute atomic E-state index is 0.000356. The van der Waals surface area contributed by atoms with E-state index in [4.69, 9.17) is 23.7 Å². The summed E-state index contributed by atoms with van der Waals surface area (Å²) >= 11 is 0. The van der Waals surface area contributed by atoms with Crippen molar-refractivity contribution < 1.29 is 33.6 Å². The maximum absolute atomic E-state index is 12.6. The molecule has 172 valence electrons. The molecule has 2 aliphatic rings. The van der Waals surface area contributed by atoms with Gasteiger partial charge in [0.25, 0.3) is 0 Å². The lowest BCUT2D eigenvalue weighted by atomic mass is 9.86. The number of rotatable bonds is 6. The molecule has 0 aliphatic carbocycles. The van der Waals surface area contributed by atoms with E-state index in [1.54, 1.807) is 17.7 Å². The summed E-state index contributed by atoms with van der Waals surface area (Å²) in [5.41, 5.74) is -0.112. The third-order valence-corrected chi connectivity index (χ3v) is 5.62. The number of hydrogen-bond donors (Lipinski definition) is 1. The van der Waals surface area contributed by atoms with Crippen LogP contribution in [0.15, 0.2) is 23.1 Å². The Hall–Kier alpha value is -3.20. The first-order chi connectivity index (χ1) is 15.2. The Balaban J connectivity index is 1.90. The Bertz CT molecular complexity index is 1100. The van der Waals surface area contributed by atoms with Crippen molar-refractivity contribution in [2.24, 2.45) is 5.41 Å². The molecule has 0 unspecified atom stereocenters. The van der Waals surface area contributed by atoms with Crippen molar-refractivity contribution in [3.63, 3.8) is 0 Å². The summed E-state index contributed by atoms with van der Waals surface area (Å²) in [4.78, 5) is 24.3. The van der Waals surface area contributed by atoms with Crippen LogP contribution >= 0.6 is 0 Å². The molecule has 1 aromatic heterocycles. The zero-order chi connectivity index (χ0) is 23.0. The number of carboxylic acid groups (broad SMARTS) is 1. The van der Waals surface area contributed by atoms with Crippen molar-refractivity contribution in [1.29, 1.82) is 0 Å². The maximum Gasteiger partial charge on any atom is 0.341 e. The summed E-state index contributed by atoms with van der Waals surface area (Å²) in [6, 6.07) is 2.82. The van der Waals surface area contributed by atoms with Crippen molar-refractivity contribution in [1.82, 2.24) is 4.57 Å². The fourth-order valence-corrected chi connectivity index (χ4v) is 3.95. The van der Waals surface area contributed by atoms with Crippen LogP contribution in [0.4, 0.5) is 0 Å². The van der Waals surface area contributed by atoms with E-state index in [-0.39, 0.29) is 30.4 Å². The lowest BCUT2D eigenvalue weighted by Gasteiger charge is -2.32. The summed E-state index contributed by atoms with van der Waals surface area (Å²) in [7, 11) is 1.63. The van der Waals surface area contributed by atoms with Crippen LogP contribution < -0.4 is 24.4 Å². The summed E-state index contributed by atoms with van der Waals surface area (Å²) in [6.45, 7) is 7.37. The van der Waals surface area contributed by atoms with Gasteiger partial charge in [0.1, 0.15) is 17.9 Å². The quantitative estimate of drug-likeness (QED) is 0.675. The number of ether oxygens (including phenoxy) is 5. The van der Waals surface area contributed by atoms with Gasteiger partial charge >= 0.3 is 5.97 Å². The molecule has 9 heteroatoms. The number of aromatic carboxylic acids is 1. The Kier molecular flexibility index (Phi) is 5.77. The van der Waals surface area contributed by atoms with E-state index in [2.05, 4.69) is 0 Å². The number of methoxy groups -OCH3 is 1. The predicted molar refractivity (Wildman–Crippen MR) is 115 cm³/mol. The lowest BCUT2D eigenvalue weighted by molar-refractivity contribution is 0.0693. The Morgan fingerprint density at radius 3 is 2.62 bits per heavy atom. The highest BCUT2D eigenvalue weighted by atomic mass is 16.7. The molecule has 0 fully saturated rings. The second kappa shape index (κ2) is 8.38. The predicted octanol–water partition coefficient (Wildman–Crippen LogP) is 3.34. The SMILES string of the molecule is COCCCOc1cc2c(c3c1OCO3)-c1cc(=O)c(C(=O)O)cn1[C@H](C(C)(C)C)CO2. The van der Waals surface area contributed by atoms with Crippen molar-refractivity contribution in [2.75, 3.05) is 33.7 Å². The van der Waals surface area contributed by atoms with Gasteiger partial charge in [-0.25, -0.2) is 4.79 Å². The van der Waals surface area contributed by atoms with Crippen molar-refractivity contribution in [3.8, 4) is 34.3 Å². The normalized spacial score (nSPS) is 16.6. The molecule has 0 radical (unpaired) electrons. The number of fused-ring (bicyclic) bond motifs is 5. The van der Waals surface area contributed by atoms with Crippen LogP contribution in [0.25, 0.3) is 11.3 Å². The second-order valence-electron chi connectivity index (χ2n) is 8.85. The first kappa shape index (κ1) is 22.0. The molecule has 32 heavy (non-hydrogen) atoms. The summed E-state index contributed by atoms with van der Waals surface area (Å²) in [5.74, 6) is 0.542. The average molecular weight is 445 g/mol. The largest absolute Gasteiger partial charge is 0.490 e. The third-order valence-electron chi connectivity index (χ3n) is 5.62. The molecule has 2 aromatic rings. The molecular formula is C23H27NO8. The minimum atomic E-state index is -1.27. The van der Waals surface area contributed by atoms with Gasteiger partial charge in [0.2, 0.25) is 12.5 Å². The van der Waals surface area contributed by atoms with E-state index >= 15 is 0 Å². The molecule has 0 saturated heterocycles. The number of hydrogen-bond acceptors (Lipinski definition) is 7. The molecule has 2 aliphatic heterocycles. The molecule has 0 saturated carbocycles. The van der Waals surface area contributed by atoms with Crippen molar-refractivity contribution in [2.45, 2.75) is 33.2 Å². The molecular weight excluding hydrogens is 418 g/mol. The van der Waals surface area contributed by atoms with E-state index < -0.39 is 11.4 Å². The molecule has 9 nitrogen and oxygen atoms in total. The van der Waals surface area contributed by atoms with E-state index in [1.165, 1.54) is 12.3 Å². The monoisotopic (exact) mass is 445 g/mol. The van der Waals surface area contributed by atoms with Crippen LogP contribution in [0.3, 0.4) is 0 Å². The molecule has 0 spiro atoms. The molecule has 1 aromatic carbocycles. The number of benzene rings is 1. The highest BCUT2D eigenvalue weighted by Gasteiger charge is 2.37. The molecule has 1 N–H and O–H groups in total. The zero-order valence-electron chi connectivity index (χ0n) is 18.6. The summed E-state index contributed by atoms with van der Waals surface area (Å²) < 4.78 is 30.4. The van der Waals surface area contributed by atoms with E-state index in [9.17, 15) is 14.7 Å². The third kappa shape index (κ3) is 3.88. The summed E-state index contributed by atoms with van der Waals surface area (Å²) in [6.07, 6.45) is 2.10. The molecule has 0 bridgehead atoms. The first-order valence-electron chi connectivity index (χ1n) is 10.4. The highest BCUT2D eigenvalue weighted by molar-refractivity contribution is 5.88. The zero-order valence-corrected chi connectivity index (χ0v) is 18.6. The lowest BCUT2D eigenvalue weighted by Crippen LogP contribution is -2.31. The Morgan fingerprint density at radius 1 is 1.19 bits per heavy atom. The van der Waals surface area contributed by atoms with Gasteiger partial charge in [0, 0.05) is 38.5 Å². The number of carboxylic acids is 1. The van der Waals surface area contributed by atoms with Crippen LogP contribution in [-0.4, -0.2) is 49.4 Å². The number of pyridine rings is 1. The smallest absolute Gasteiger partial charge is 0.341 e. The number of aromatic nitrogens is 1. The topological polar surface area (TPSA) is 105 Å². The van der Waals surface area contributed by atoms with Gasteiger partial charge in [-0.3, -0.25) is 4.79 Å². The van der Waals surface area contributed by atoms with Gasteiger partial charge in [-0.2, -0.15) is 0 Å². The Morgan fingerprint density at radius 2 is 1.94 bits per heavy atom. The first-order valence-corrected chi connectivity index (χ1v) is 10.4. The van der Waals surface area contributed by atoms with Crippen molar-refractivity contribution >= 4 is 5.97 Å². The van der Waals surface area contributed by atoms with Gasteiger partial charge in [-0.1, -0.05) is 20.8 Å². The molecule has 3 heterocycles. The summed E-state index contributed by atoms with van der Waals surface area (Å²) in [5, 5.41) is 9.52. The van der Waals surface area contributed by atoms with Gasteiger partial charge in [0.05, 0.1) is 23.9 Å². The van der Waals surface area contributed by atoms with Gasteiger partial charge in [-0.15, -0.1) is 0 Å². The van der Waals surface area contributed by atoms with Crippen LogP contribution in [-0.2, 0) is 4.74 Å². The van der Waals surface area contributed by atoms with Gasteiger partial charge in [-0.05, 0) is 5.41 Å². The second-order valence-corrected chi connectivity index (χ2v) is 8.85. The Labute approximate surface area is 185 Å². The average Bonchev–Trinajstić information content (AvgIpc) is 3.14. The molecule has 1 atom stereocenters.